The molecule has 25 heavy (non-hydrogen) atoms. The Morgan fingerprint density at radius 3 is 2.48 bits per heavy atom. The number of hydrogen-bond acceptors (Lipinski definition) is 3. The molecule has 0 saturated carbocycles. The van der Waals surface area contributed by atoms with Gasteiger partial charge in [-0.15, -0.1) is 0 Å². The van der Waals surface area contributed by atoms with Crippen LogP contribution in [0.2, 0.25) is 0 Å². The average molecular weight is 343 g/mol. The molecule has 2 amide bonds. The van der Waals surface area contributed by atoms with Crippen molar-refractivity contribution in [3.8, 4) is 0 Å². The van der Waals surface area contributed by atoms with Crippen LogP contribution in [0.1, 0.15) is 32.3 Å². The fourth-order valence-electron chi connectivity index (χ4n) is 2.77. The van der Waals surface area contributed by atoms with E-state index in [2.05, 4.69) is 10.6 Å². The molecule has 1 aromatic carbocycles. The topological polar surface area (TPSA) is 83.4 Å². The molecule has 0 unspecified atom stereocenters. The number of pyridine rings is 1. The molecular weight excluding hydrogens is 318 g/mol. The summed E-state index contributed by atoms with van der Waals surface area (Å²) in [6, 6.07) is 12.0. The summed E-state index contributed by atoms with van der Waals surface area (Å²) < 4.78 is 1.56. The summed E-state index contributed by atoms with van der Waals surface area (Å²) in [7, 11) is 0. The second kappa shape index (κ2) is 8.48. The Hall–Kier alpha value is -2.60. The van der Waals surface area contributed by atoms with Crippen LogP contribution in [0, 0.1) is 0 Å². The Kier molecular flexibility index (Phi) is 6.36. The van der Waals surface area contributed by atoms with E-state index >= 15 is 0 Å². The Labute approximate surface area is 147 Å². The lowest BCUT2D eigenvalue weighted by Crippen LogP contribution is -2.50. The monoisotopic (exact) mass is 343 g/mol. The van der Waals surface area contributed by atoms with E-state index in [1.54, 1.807) is 16.8 Å². The average Bonchev–Trinajstić information content (AvgIpc) is 2.63. The summed E-state index contributed by atoms with van der Waals surface area (Å²) >= 11 is 0. The van der Waals surface area contributed by atoms with Gasteiger partial charge in [0.1, 0.15) is 0 Å². The van der Waals surface area contributed by atoms with Crippen molar-refractivity contribution in [3.63, 3.8) is 0 Å². The van der Waals surface area contributed by atoms with Gasteiger partial charge < -0.3 is 20.3 Å². The summed E-state index contributed by atoms with van der Waals surface area (Å²) in [5, 5.41) is 15.5. The fourth-order valence-corrected chi connectivity index (χ4v) is 2.77. The molecule has 134 valence electrons. The molecule has 0 spiro atoms. The van der Waals surface area contributed by atoms with Gasteiger partial charge in [-0.05, 0) is 24.5 Å². The van der Waals surface area contributed by atoms with Crippen molar-refractivity contribution < 1.29 is 9.90 Å². The van der Waals surface area contributed by atoms with Crippen LogP contribution in [-0.2, 0) is 12.1 Å². The number of carbonyl (C=O) groups is 1. The lowest BCUT2D eigenvalue weighted by Gasteiger charge is -2.32. The fraction of sp³-hybridized carbons (Fsp3) is 0.368. The number of aromatic nitrogens is 1. The van der Waals surface area contributed by atoms with Gasteiger partial charge in [0.2, 0.25) is 0 Å². The van der Waals surface area contributed by atoms with Crippen molar-refractivity contribution in [1.82, 2.24) is 9.88 Å². The Morgan fingerprint density at radius 1 is 1.16 bits per heavy atom. The first-order chi connectivity index (χ1) is 12.0. The molecule has 0 radical (unpaired) electrons. The van der Waals surface area contributed by atoms with E-state index in [0.29, 0.717) is 18.7 Å². The maximum absolute atomic E-state index is 12.5. The number of carbonyl (C=O) groups excluding carboxylic acids is 1. The Bertz CT molecular complexity index is 752. The van der Waals surface area contributed by atoms with Gasteiger partial charge in [-0.25, -0.2) is 4.79 Å². The predicted molar refractivity (Wildman–Crippen MR) is 98.6 cm³/mol. The minimum atomic E-state index is -0.858. The molecule has 0 aliphatic heterocycles. The number of anilines is 1. The molecule has 6 nitrogen and oxygen atoms in total. The third-order valence-electron chi connectivity index (χ3n) is 4.26. The smallest absolute Gasteiger partial charge is 0.320 e. The molecule has 0 aliphatic rings. The molecule has 0 fully saturated rings. The molecule has 2 rings (SSSR count). The molecular formula is C19H25N3O3. The normalized spacial score (nSPS) is 13.1. The van der Waals surface area contributed by atoms with Crippen LogP contribution in [0.3, 0.4) is 0 Å². The maximum atomic E-state index is 12.5. The lowest BCUT2D eigenvalue weighted by molar-refractivity contribution is 0.159. The van der Waals surface area contributed by atoms with Crippen LogP contribution in [0.25, 0.3) is 0 Å². The first kappa shape index (κ1) is 18.7. The lowest BCUT2D eigenvalue weighted by atomic mass is 9.88. The summed E-state index contributed by atoms with van der Waals surface area (Å²) in [5.74, 6) is 0. The molecule has 1 atom stereocenters. The van der Waals surface area contributed by atoms with Crippen molar-refractivity contribution >= 4 is 11.7 Å². The van der Waals surface area contributed by atoms with E-state index in [0.717, 1.165) is 12.0 Å². The van der Waals surface area contributed by atoms with Crippen molar-refractivity contribution in [2.24, 2.45) is 0 Å². The molecule has 0 aliphatic carbocycles. The summed E-state index contributed by atoms with van der Waals surface area (Å²) in [4.78, 5) is 24.2. The second-order valence-electron chi connectivity index (χ2n) is 5.99. The van der Waals surface area contributed by atoms with E-state index in [9.17, 15) is 14.7 Å². The molecule has 0 saturated heterocycles. The number of benzene rings is 1. The van der Waals surface area contributed by atoms with Gasteiger partial charge in [0, 0.05) is 18.8 Å². The summed E-state index contributed by atoms with van der Waals surface area (Å²) in [5.41, 5.74) is 0.409. The predicted octanol–water partition coefficient (Wildman–Crippen LogP) is 2.68. The van der Waals surface area contributed by atoms with Crippen LogP contribution in [0.5, 0.6) is 0 Å². The number of aryl methyl sites for hydroxylation is 1. The highest BCUT2D eigenvalue weighted by Gasteiger charge is 2.31. The largest absolute Gasteiger partial charge is 0.394 e. The molecule has 1 heterocycles. The quantitative estimate of drug-likeness (QED) is 0.723. The molecule has 0 bridgehead atoms. The van der Waals surface area contributed by atoms with E-state index in [1.165, 1.54) is 6.07 Å². The maximum Gasteiger partial charge on any atom is 0.320 e. The van der Waals surface area contributed by atoms with Gasteiger partial charge in [0.15, 0.2) is 0 Å². The Morgan fingerprint density at radius 2 is 1.88 bits per heavy atom. The number of aliphatic hydroxyl groups excluding tert-OH is 1. The van der Waals surface area contributed by atoms with E-state index in [4.69, 9.17) is 0 Å². The zero-order valence-corrected chi connectivity index (χ0v) is 14.7. The summed E-state index contributed by atoms with van der Waals surface area (Å²) in [6.45, 7) is 4.27. The zero-order valence-electron chi connectivity index (χ0n) is 14.7. The Balaban J connectivity index is 2.17. The molecule has 2 aromatic rings. The van der Waals surface area contributed by atoms with Crippen molar-refractivity contribution in [3.05, 3.63) is 64.6 Å². The third-order valence-corrected chi connectivity index (χ3v) is 4.26. The minimum absolute atomic E-state index is 0.102. The number of amides is 2. The van der Waals surface area contributed by atoms with Gasteiger partial charge in [-0.1, -0.05) is 44.2 Å². The second-order valence-corrected chi connectivity index (χ2v) is 5.99. The molecule has 3 N–H and O–H groups in total. The number of aliphatic hydroxyl groups is 1. The first-order valence-electron chi connectivity index (χ1n) is 8.50. The number of rotatable bonds is 7. The number of nitrogens with one attached hydrogen (secondary N) is 2. The zero-order chi connectivity index (χ0) is 18.3. The van der Waals surface area contributed by atoms with E-state index in [1.807, 2.05) is 44.2 Å². The van der Waals surface area contributed by atoms with Crippen LogP contribution >= 0.6 is 0 Å². The number of nitrogens with zero attached hydrogens (tertiary/aromatic N) is 1. The third kappa shape index (κ3) is 4.48. The number of hydrogen-bond donors (Lipinski definition) is 3. The standard InChI is InChI=1S/C19H25N3O3/c1-3-12-22-13-16(10-11-17(22)24)20-18(25)21-19(4-2,14-23)15-8-6-5-7-9-15/h5-11,13,23H,3-4,12,14H2,1-2H3,(H2,20,21,25)/t19-/m0/s1. The van der Waals surface area contributed by atoms with E-state index < -0.39 is 11.6 Å². The van der Waals surface area contributed by atoms with Gasteiger partial charge >= 0.3 is 6.03 Å². The SMILES string of the molecule is CCCn1cc(NC(=O)N[C@@](CC)(CO)c2ccccc2)ccc1=O. The highest BCUT2D eigenvalue weighted by molar-refractivity contribution is 5.89. The van der Waals surface area contributed by atoms with Crippen molar-refractivity contribution in [2.45, 2.75) is 38.8 Å². The van der Waals surface area contributed by atoms with Gasteiger partial charge in [-0.2, -0.15) is 0 Å². The van der Waals surface area contributed by atoms with Crippen LogP contribution in [0.15, 0.2) is 53.5 Å². The van der Waals surface area contributed by atoms with E-state index in [-0.39, 0.29) is 12.2 Å². The van der Waals surface area contributed by atoms with Crippen LogP contribution in [-0.4, -0.2) is 22.3 Å². The highest BCUT2D eigenvalue weighted by Crippen LogP contribution is 2.24. The highest BCUT2D eigenvalue weighted by atomic mass is 16.3. The number of urea groups is 1. The van der Waals surface area contributed by atoms with Crippen molar-refractivity contribution in [2.75, 3.05) is 11.9 Å². The van der Waals surface area contributed by atoms with Crippen LogP contribution in [0.4, 0.5) is 10.5 Å². The molecule has 1 aromatic heterocycles. The van der Waals surface area contributed by atoms with Crippen molar-refractivity contribution in [1.29, 1.82) is 0 Å². The van der Waals surface area contributed by atoms with Gasteiger partial charge in [0.05, 0.1) is 17.8 Å². The van der Waals surface area contributed by atoms with Crippen LogP contribution < -0.4 is 16.2 Å². The van der Waals surface area contributed by atoms with Gasteiger partial charge in [0.25, 0.3) is 5.56 Å². The summed E-state index contributed by atoms with van der Waals surface area (Å²) in [6.07, 6.45) is 2.99. The first-order valence-corrected chi connectivity index (χ1v) is 8.50. The minimum Gasteiger partial charge on any atom is -0.394 e. The van der Waals surface area contributed by atoms with Gasteiger partial charge in [-0.3, -0.25) is 4.79 Å². The molecule has 6 heteroatoms.